The second kappa shape index (κ2) is 6.14. The number of aryl methyl sites for hydroxylation is 1. The molecule has 0 aliphatic heterocycles. The van der Waals surface area contributed by atoms with Crippen molar-refractivity contribution in [3.05, 3.63) is 75.4 Å². The largest absolute Gasteiger partial charge is 0.505 e. The second-order valence-corrected chi connectivity index (χ2v) is 6.64. The fourth-order valence-corrected chi connectivity index (χ4v) is 3.46. The maximum absolute atomic E-state index is 13.6. The predicted molar refractivity (Wildman–Crippen MR) is 91.0 cm³/mol. The zero-order chi connectivity index (χ0) is 16.6. The van der Waals surface area contributed by atoms with Crippen LogP contribution >= 0.6 is 22.9 Å². The minimum absolute atomic E-state index is 0.102. The van der Waals surface area contributed by atoms with Crippen LogP contribution in [-0.2, 0) is 0 Å². The summed E-state index contributed by atoms with van der Waals surface area (Å²) in [6.45, 7) is 1.79. The molecule has 1 N–H and O–H groups in total. The SMILES string of the molecule is Cc1cc(O)c(F)cc1-c1ccc(C(=O)c2ccc(Cl)cc2)s1. The first kappa shape index (κ1) is 15.7. The number of phenols is 1. The molecule has 0 fully saturated rings. The van der Waals surface area contributed by atoms with Crippen LogP contribution in [0.2, 0.25) is 5.02 Å². The van der Waals surface area contributed by atoms with E-state index in [2.05, 4.69) is 0 Å². The van der Waals surface area contributed by atoms with E-state index in [0.29, 0.717) is 21.0 Å². The van der Waals surface area contributed by atoms with Crippen LogP contribution in [0.5, 0.6) is 5.75 Å². The fraction of sp³-hybridized carbons (Fsp3) is 0.0556. The number of ketones is 1. The normalized spacial score (nSPS) is 10.7. The minimum atomic E-state index is -0.676. The highest BCUT2D eigenvalue weighted by Crippen LogP contribution is 2.34. The first-order valence-corrected chi connectivity index (χ1v) is 8.05. The average Bonchev–Trinajstić information content (AvgIpc) is 3.00. The average molecular weight is 347 g/mol. The Kier molecular flexibility index (Phi) is 4.20. The summed E-state index contributed by atoms with van der Waals surface area (Å²) >= 11 is 7.12. The van der Waals surface area contributed by atoms with E-state index in [4.69, 9.17) is 11.6 Å². The molecule has 0 spiro atoms. The van der Waals surface area contributed by atoms with E-state index in [1.165, 1.54) is 23.5 Å². The Hall–Kier alpha value is -2.17. The molecule has 23 heavy (non-hydrogen) atoms. The van der Waals surface area contributed by atoms with E-state index in [9.17, 15) is 14.3 Å². The van der Waals surface area contributed by atoms with E-state index in [0.717, 1.165) is 10.4 Å². The number of hydrogen-bond donors (Lipinski definition) is 1. The van der Waals surface area contributed by atoms with Crippen LogP contribution in [-0.4, -0.2) is 10.9 Å². The third-order valence-corrected chi connectivity index (χ3v) is 4.86. The van der Waals surface area contributed by atoms with Crippen molar-refractivity contribution < 1.29 is 14.3 Å². The Balaban J connectivity index is 1.96. The van der Waals surface area contributed by atoms with E-state index < -0.39 is 5.82 Å². The lowest BCUT2D eigenvalue weighted by Crippen LogP contribution is -1.97. The number of benzene rings is 2. The molecule has 0 saturated heterocycles. The topological polar surface area (TPSA) is 37.3 Å². The van der Waals surface area contributed by atoms with Gasteiger partial charge in [-0.25, -0.2) is 4.39 Å². The summed E-state index contributed by atoms with van der Waals surface area (Å²) in [6, 6.07) is 12.9. The number of halogens is 2. The standard InChI is InChI=1S/C18H12ClFO2S/c1-10-8-15(21)14(20)9-13(10)16-6-7-17(23-16)18(22)11-2-4-12(19)5-3-11/h2-9,21H,1H3. The molecular formula is C18H12ClFO2S. The van der Waals surface area contributed by atoms with Gasteiger partial charge in [0.15, 0.2) is 11.6 Å². The molecule has 0 radical (unpaired) electrons. The van der Waals surface area contributed by atoms with Gasteiger partial charge in [0.25, 0.3) is 0 Å². The lowest BCUT2D eigenvalue weighted by molar-refractivity contribution is 0.104. The van der Waals surface area contributed by atoms with Gasteiger partial charge in [0.1, 0.15) is 0 Å². The fourth-order valence-electron chi connectivity index (χ4n) is 2.28. The molecule has 2 nitrogen and oxygen atoms in total. The molecule has 0 atom stereocenters. The van der Waals surface area contributed by atoms with Gasteiger partial charge in [-0.15, -0.1) is 11.3 Å². The highest BCUT2D eigenvalue weighted by molar-refractivity contribution is 7.17. The van der Waals surface area contributed by atoms with E-state index in [-0.39, 0.29) is 11.5 Å². The summed E-state index contributed by atoms with van der Waals surface area (Å²) < 4.78 is 13.6. The third kappa shape index (κ3) is 3.14. The molecule has 2 aromatic carbocycles. The predicted octanol–water partition coefficient (Wildman–Crippen LogP) is 5.45. The quantitative estimate of drug-likeness (QED) is 0.640. The van der Waals surface area contributed by atoms with Gasteiger partial charge in [-0.3, -0.25) is 4.79 Å². The van der Waals surface area contributed by atoms with Crippen molar-refractivity contribution in [1.82, 2.24) is 0 Å². The zero-order valence-electron chi connectivity index (χ0n) is 12.1. The molecule has 3 aromatic rings. The van der Waals surface area contributed by atoms with Crippen molar-refractivity contribution in [3.63, 3.8) is 0 Å². The van der Waals surface area contributed by atoms with Crippen LogP contribution in [0.15, 0.2) is 48.5 Å². The van der Waals surface area contributed by atoms with Crippen molar-refractivity contribution >= 4 is 28.7 Å². The van der Waals surface area contributed by atoms with Crippen molar-refractivity contribution in [2.45, 2.75) is 6.92 Å². The highest BCUT2D eigenvalue weighted by atomic mass is 35.5. The van der Waals surface area contributed by atoms with Crippen LogP contribution in [0, 0.1) is 12.7 Å². The molecule has 1 aromatic heterocycles. The number of rotatable bonds is 3. The molecule has 0 amide bonds. The van der Waals surface area contributed by atoms with Gasteiger partial charge in [0.2, 0.25) is 5.78 Å². The Labute approximate surface area is 141 Å². The number of aromatic hydroxyl groups is 1. The molecule has 0 aliphatic carbocycles. The lowest BCUT2D eigenvalue weighted by atomic mass is 10.1. The number of thiophene rings is 1. The molecule has 0 unspecified atom stereocenters. The molecular weight excluding hydrogens is 335 g/mol. The summed E-state index contributed by atoms with van der Waals surface area (Å²) in [5.41, 5.74) is 1.97. The number of carbonyl (C=O) groups is 1. The van der Waals surface area contributed by atoms with Crippen molar-refractivity contribution in [3.8, 4) is 16.2 Å². The van der Waals surface area contributed by atoms with Crippen LogP contribution in [0.3, 0.4) is 0 Å². The van der Waals surface area contributed by atoms with Gasteiger partial charge in [-0.05, 0) is 66.6 Å². The zero-order valence-corrected chi connectivity index (χ0v) is 13.7. The van der Waals surface area contributed by atoms with Gasteiger partial charge in [-0.2, -0.15) is 0 Å². The molecule has 5 heteroatoms. The summed E-state index contributed by atoms with van der Waals surface area (Å²) in [6.07, 6.45) is 0. The van der Waals surface area contributed by atoms with E-state index in [1.807, 2.05) is 0 Å². The maximum Gasteiger partial charge on any atom is 0.202 e. The summed E-state index contributed by atoms with van der Waals surface area (Å²) in [4.78, 5) is 13.8. The Bertz CT molecular complexity index is 885. The van der Waals surface area contributed by atoms with Gasteiger partial charge in [0.05, 0.1) is 4.88 Å². The summed E-state index contributed by atoms with van der Waals surface area (Å²) in [7, 11) is 0. The highest BCUT2D eigenvalue weighted by Gasteiger charge is 2.15. The number of hydrogen-bond acceptors (Lipinski definition) is 3. The van der Waals surface area contributed by atoms with Crippen molar-refractivity contribution in [2.24, 2.45) is 0 Å². The maximum atomic E-state index is 13.6. The second-order valence-electron chi connectivity index (χ2n) is 5.12. The molecule has 0 bridgehead atoms. The summed E-state index contributed by atoms with van der Waals surface area (Å²) in [5.74, 6) is -1.15. The Morgan fingerprint density at radius 2 is 1.83 bits per heavy atom. The van der Waals surface area contributed by atoms with Gasteiger partial charge < -0.3 is 5.11 Å². The molecule has 116 valence electrons. The monoisotopic (exact) mass is 346 g/mol. The Morgan fingerprint density at radius 3 is 2.52 bits per heavy atom. The first-order chi connectivity index (χ1) is 11.0. The minimum Gasteiger partial charge on any atom is -0.505 e. The van der Waals surface area contributed by atoms with Gasteiger partial charge in [-0.1, -0.05) is 11.6 Å². The van der Waals surface area contributed by atoms with E-state index in [1.54, 1.807) is 43.3 Å². The van der Waals surface area contributed by atoms with Crippen LogP contribution < -0.4 is 0 Å². The first-order valence-electron chi connectivity index (χ1n) is 6.85. The van der Waals surface area contributed by atoms with Crippen molar-refractivity contribution in [1.29, 1.82) is 0 Å². The van der Waals surface area contributed by atoms with Crippen molar-refractivity contribution in [2.75, 3.05) is 0 Å². The van der Waals surface area contributed by atoms with Crippen LogP contribution in [0.25, 0.3) is 10.4 Å². The molecule has 1 heterocycles. The number of carbonyl (C=O) groups excluding carboxylic acids is 1. The van der Waals surface area contributed by atoms with Gasteiger partial charge in [0, 0.05) is 15.5 Å². The molecule has 0 aliphatic rings. The van der Waals surface area contributed by atoms with Gasteiger partial charge >= 0.3 is 0 Å². The smallest absolute Gasteiger partial charge is 0.202 e. The molecule has 3 rings (SSSR count). The molecule has 0 saturated carbocycles. The van der Waals surface area contributed by atoms with E-state index >= 15 is 0 Å². The lowest BCUT2D eigenvalue weighted by Gasteiger charge is -2.05. The Morgan fingerprint density at radius 1 is 1.13 bits per heavy atom. The van der Waals surface area contributed by atoms with Crippen LogP contribution in [0.4, 0.5) is 4.39 Å². The summed E-state index contributed by atoms with van der Waals surface area (Å²) in [5, 5.41) is 9.97. The third-order valence-electron chi connectivity index (χ3n) is 3.50. The number of phenolic OH excluding ortho intramolecular Hbond substituents is 1. The van der Waals surface area contributed by atoms with Crippen LogP contribution in [0.1, 0.15) is 20.8 Å².